The van der Waals surface area contributed by atoms with Crippen molar-refractivity contribution in [3.8, 4) is 0 Å². The van der Waals surface area contributed by atoms with Gasteiger partial charge in [-0.3, -0.25) is 4.79 Å². The van der Waals surface area contributed by atoms with Crippen molar-refractivity contribution < 1.29 is 9.53 Å². The maximum atomic E-state index is 12.3. The van der Waals surface area contributed by atoms with Gasteiger partial charge in [-0.1, -0.05) is 26.7 Å². The minimum absolute atomic E-state index is 0.00694. The summed E-state index contributed by atoms with van der Waals surface area (Å²) in [4.78, 5) is 12.3. The Labute approximate surface area is 117 Å². The molecule has 0 amide bonds. The molecule has 19 heavy (non-hydrogen) atoms. The van der Waals surface area contributed by atoms with E-state index in [1.54, 1.807) is 0 Å². The summed E-state index contributed by atoms with van der Waals surface area (Å²) in [5.41, 5.74) is 0. The fraction of sp³-hybridized carbons (Fsp3) is 0.938. The molecule has 0 aliphatic heterocycles. The smallest absolute Gasteiger partial charge is 0.323 e. The Morgan fingerprint density at radius 1 is 1.11 bits per heavy atom. The highest BCUT2D eigenvalue weighted by Gasteiger charge is 2.28. The topological polar surface area (TPSA) is 38.3 Å². The summed E-state index contributed by atoms with van der Waals surface area (Å²) in [5, 5.41) is 3.55. The average molecular weight is 267 g/mol. The van der Waals surface area contributed by atoms with E-state index in [1.807, 2.05) is 0 Å². The molecule has 110 valence electrons. The van der Waals surface area contributed by atoms with E-state index in [0.717, 1.165) is 19.3 Å². The number of hydrogen-bond donors (Lipinski definition) is 1. The van der Waals surface area contributed by atoms with Gasteiger partial charge in [0.15, 0.2) is 0 Å². The van der Waals surface area contributed by atoms with Crippen molar-refractivity contribution in [2.45, 2.75) is 89.8 Å². The highest BCUT2D eigenvalue weighted by molar-refractivity contribution is 5.76. The quantitative estimate of drug-likeness (QED) is 0.749. The van der Waals surface area contributed by atoms with Gasteiger partial charge in [0.25, 0.3) is 0 Å². The molecule has 2 aliphatic carbocycles. The van der Waals surface area contributed by atoms with Crippen LogP contribution in [-0.4, -0.2) is 24.2 Å². The zero-order valence-corrected chi connectivity index (χ0v) is 12.5. The van der Waals surface area contributed by atoms with Crippen LogP contribution >= 0.6 is 0 Å². The largest absolute Gasteiger partial charge is 0.461 e. The van der Waals surface area contributed by atoms with Crippen LogP contribution in [0.5, 0.6) is 0 Å². The number of esters is 1. The SMILES string of the molecule is CC(C)C[C@H](NC1CCCC1)C(=O)OC1CCCC1. The minimum Gasteiger partial charge on any atom is -0.461 e. The first-order valence-corrected chi connectivity index (χ1v) is 8.11. The van der Waals surface area contributed by atoms with Crippen LogP contribution in [0.15, 0.2) is 0 Å². The molecule has 2 saturated carbocycles. The predicted molar refractivity (Wildman–Crippen MR) is 77.0 cm³/mol. The summed E-state index contributed by atoms with van der Waals surface area (Å²) in [5.74, 6) is 0.516. The monoisotopic (exact) mass is 267 g/mol. The molecule has 3 heteroatoms. The maximum Gasteiger partial charge on any atom is 0.323 e. The van der Waals surface area contributed by atoms with E-state index < -0.39 is 0 Å². The van der Waals surface area contributed by atoms with Crippen LogP contribution in [0.25, 0.3) is 0 Å². The lowest BCUT2D eigenvalue weighted by Crippen LogP contribution is -2.44. The van der Waals surface area contributed by atoms with Crippen molar-refractivity contribution >= 4 is 5.97 Å². The third-order valence-corrected chi connectivity index (χ3v) is 4.37. The van der Waals surface area contributed by atoms with Gasteiger partial charge >= 0.3 is 5.97 Å². The molecule has 0 radical (unpaired) electrons. The third kappa shape index (κ3) is 4.79. The number of ether oxygens (including phenoxy) is 1. The van der Waals surface area contributed by atoms with Crippen LogP contribution in [0.1, 0.15) is 71.6 Å². The summed E-state index contributed by atoms with van der Waals surface area (Å²) < 4.78 is 5.68. The lowest BCUT2D eigenvalue weighted by molar-refractivity contribution is -0.152. The molecule has 2 rings (SSSR count). The first-order valence-electron chi connectivity index (χ1n) is 8.11. The van der Waals surface area contributed by atoms with Gasteiger partial charge < -0.3 is 10.1 Å². The fourth-order valence-corrected chi connectivity index (χ4v) is 3.33. The van der Waals surface area contributed by atoms with Gasteiger partial charge in [-0.2, -0.15) is 0 Å². The van der Waals surface area contributed by atoms with Gasteiger partial charge in [-0.25, -0.2) is 0 Å². The van der Waals surface area contributed by atoms with Crippen molar-refractivity contribution in [3.63, 3.8) is 0 Å². The molecule has 0 unspecified atom stereocenters. The summed E-state index contributed by atoms with van der Waals surface area (Å²) >= 11 is 0. The average Bonchev–Trinajstić information content (AvgIpc) is 3.00. The van der Waals surface area contributed by atoms with E-state index in [0.29, 0.717) is 12.0 Å². The van der Waals surface area contributed by atoms with Crippen molar-refractivity contribution in [1.82, 2.24) is 5.32 Å². The fourth-order valence-electron chi connectivity index (χ4n) is 3.33. The van der Waals surface area contributed by atoms with Crippen molar-refractivity contribution in [1.29, 1.82) is 0 Å². The van der Waals surface area contributed by atoms with Gasteiger partial charge in [-0.15, -0.1) is 0 Å². The maximum absolute atomic E-state index is 12.3. The zero-order valence-electron chi connectivity index (χ0n) is 12.5. The number of nitrogens with one attached hydrogen (secondary N) is 1. The second-order valence-corrected chi connectivity index (χ2v) is 6.67. The lowest BCUT2D eigenvalue weighted by Gasteiger charge is -2.24. The Morgan fingerprint density at radius 3 is 2.26 bits per heavy atom. The Morgan fingerprint density at radius 2 is 1.68 bits per heavy atom. The third-order valence-electron chi connectivity index (χ3n) is 4.37. The highest BCUT2D eigenvalue weighted by atomic mass is 16.5. The minimum atomic E-state index is -0.0938. The van der Waals surface area contributed by atoms with E-state index in [4.69, 9.17) is 4.74 Å². The van der Waals surface area contributed by atoms with Crippen LogP contribution in [0.3, 0.4) is 0 Å². The van der Waals surface area contributed by atoms with Gasteiger partial charge in [0.05, 0.1) is 0 Å². The van der Waals surface area contributed by atoms with E-state index in [-0.39, 0.29) is 18.1 Å². The predicted octanol–water partition coefficient (Wildman–Crippen LogP) is 3.42. The van der Waals surface area contributed by atoms with Crippen LogP contribution in [0.4, 0.5) is 0 Å². The summed E-state index contributed by atoms with van der Waals surface area (Å²) in [6, 6.07) is 0.434. The van der Waals surface area contributed by atoms with Crippen LogP contribution in [-0.2, 0) is 9.53 Å². The molecule has 1 N–H and O–H groups in total. The van der Waals surface area contributed by atoms with Gasteiger partial charge in [-0.05, 0) is 50.9 Å². The van der Waals surface area contributed by atoms with Gasteiger partial charge in [0.1, 0.15) is 12.1 Å². The second-order valence-electron chi connectivity index (χ2n) is 6.67. The normalized spacial score (nSPS) is 23.1. The molecule has 1 atom stereocenters. The molecular weight excluding hydrogens is 238 g/mol. The molecule has 0 aromatic carbocycles. The van der Waals surface area contributed by atoms with E-state index in [1.165, 1.54) is 38.5 Å². The zero-order chi connectivity index (χ0) is 13.7. The Balaban J connectivity index is 1.84. The Bertz CT molecular complexity index is 278. The Kier molecular flexibility index (Phi) is 5.68. The standard InChI is InChI=1S/C16H29NO2/c1-12(2)11-15(17-13-7-3-4-8-13)16(18)19-14-9-5-6-10-14/h12-15,17H,3-11H2,1-2H3/t15-/m0/s1. The number of carbonyl (C=O) groups excluding carboxylic acids is 1. The molecular formula is C16H29NO2. The molecule has 2 aliphatic rings. The molecule has 0 heterocycles. The summed E-state index contributed by atoms with van der Waals surface area (Å²) in [6.07, 6.45) is 10.6. The van der Waals surface area contributed by atoms with E-state index in [2.05, 4.69) is 19.2 Å². The van der Waals surface area contributed by atoms with Crippen LogP contribution < -0.4 is 5.32 Å². The lowest BCUT2D eigenvalue weighted by atomic mass is 10.0. The summed E-state index contributed by atoms with van der Waals surface area (Å²) in [6.45, 7) is 4.35. The molecule has 2 fully saturated rings. The highest BCUT2D eigenvalue weighted by Crippen LogP contribution is 2.23. The van der Waals surface area contributed by atoms with Crippen molar-refractivity contribution in [3.05, 3.63) is 0 Å². The molecule has 3 nitrogen and oxygen atoms in total. The second kappa shape index (κ2) is 7.28. The Hall–Kier alpha value is -0.570. The molecule has 0 aromatic rings. The summed E-state index contributed by atoms with van der Waals surface area (Å²) in [7, 11) is 0. The molecule has 0 aromatic heterocycles. The van der Waals surface area contributed by atoms with Gasteiger partial charge in [0.2, 0.25) is 0 Å². The number of hydrogen-bond acceptors (Lipinski definition) is 3. The van der Waals surface area contributed by atoms with Crippen molar-refractivity contribution in [2.75, 3.05) is 0 Å². The number of carbonyl (C=O) groups is 1. The molecule has 0 bridgehead atoms. The van der Waals surface area contributed by atoms with Crippen LogP contribution in [0, 0.1) is 5.92 Å². The van der Waals surface area contributed by atoms with Gasteiger partial charge in [0, 0.05) is 6.04 Å². The van der Waals surface area contributed by atoms with E-state index in [9.17, 15) is 4.79 Å². The first-order chi connectivity index (χ1) is 9.15. The van der Waals surface area contributed by atoms with Crippen molar-refractivity contribution in [2.24, 2.45) is 5.92 Å². The molecule has 0 saturated heterocycles. The van der Waals surface area contributed by atoms with Crippen LogP contribution in [0.2, 0.25) is 0 Å². The molecule has 0 spiro atoms. The van der Waals surface area contributed by atoms with E-state index >= 15 is 0 Å². The number of rotatable bonds is 6. The first kappa shape index (κ1) is 14.8.